The summed E-state index contributed by atoms with van der Waals surface area (Å²) in [4.78, 5) is 23.8. The Bertz CT molecular complexity index is 804. The quantitative estimate of drug-likeness (QED) is 0.643. The third-order valence-electron chi connectivity index (χ3n) is 4.58. The van der Waals surface area contributed by atoms with Crippen molar-refractivity contribution in [3.05, 3.63) is 41.7 Å². The molecule has 8 heteroatoms. The van der Waals surface area contributed by atoms with Crippen molar-refractivity contribution in [3.63, 3.8) is 0 Å². The van der Waals surface area contributed by atoms with Crippen LogP contribution in [0.4, 0.5) is 0 Å². The summed E-state index contributed by atoms with van der Waals surface area (Å²) in [6.07, 6.45) is 2.41. The lowest BCUT2D eigenvalue weighted by Gasteiger charge is -2.18. The molecule has 1 aliphatic carbocycles. The van der Waals surface area contributed by atoms with Crippen LogP contribution in [0.25, 0.3) is 0 Å². The van der Waals surface area contributed by atoms with Gasteiger partial charge in [0.2, 0.25) is 11.8 Å². The summed E-state index contributed by atoms with van der Waals surface area (Å²) in [5.74, 6) is 0.878. The van der Waals surface area contributed by atoms with Gasteiger partial charge in [-0.25, -0.2) is 0 Å². The van der Waals surface area contributed by atoms with Crippen molar-refractivity contribution in [3.8, 4) is 0 Å². The van der Waals surface area contributed by atoms with Crippen LogP contribution in [0, 0.1) is 0 Å². The molecule has 1 aromatic carbocycles. The van der Waals surface area contributed by atoms with E-state index in [4.69, 9.17) is 5.73 Å². The lowest BCUT2D eigenvalue weighted by Crippen LogP contribution is -2.33. The van der Waals surface area contributed by atoms with Crippen molar-refractivity contribution < 1.29 is 9.59 Å². The van der Waals surface area contributed by atoms with Gasteiger partial charge in [-0.2, -0.15) is 0 Å². The molecule has 1 saturated carbocycles. The highest BCUT2D eigenvalue weighted by atomic mass is 32.2. The summed E-state index contributed by atoms with van der Waals surface area (Å²) >= 11 is 1.36. The molecular formula is C19H25N5O2S. The molecule has 0 bridgehead atoms. The molecule has 2 amide bonds. The summed E-state index contributed by atoms with van der Waals surface area (Å²) in [6.45, 7) is 4.26. The zero-order valence-corrected chi connectivity index (χ0v) is 16.4. The molecule has 2 unspecified atom stereocenters. The minimum atomic E-state index is -0.358. The minimum Gasteiger partial charge on any atom is -0.370 e. The van der Waals surface area contributed by atoms with Gasteiger partial charge in [0.15, 0.2) is 5.16 Å². The molecule has 1 aromatic heterocycles. The van der Waals surface area contributed by atoms with E-state index < -0.39 is 0 Å². The van der Waals surface area contributed by atoms with Crippen molar-refractivity contribution in [2.75, 3.05) is 0 Å². The Hall–Kier alpha value is -2.35. The lowest BCUT2D eigenvalue weighted by atomic mass is 10.1. The van der Waals surface area contributed by atoms with Crippen molar-refractivity contribution in [1.29, 1.82) is 0 Å². The number of rotatable bonds is 9. The second-order valence-corrected chi connectivity index (χ2v) is 8.19. The van der Waals surface area contributed by atoms with E-state index in [0.717, 1.165) is 24.2 Å². The maximum Gasteiger partial charge on any atom is 0.233 e. The number of nitrogens with zero attached hydrogens (tertiary/aromatic N) is 3. The van der Waals surface area contributed by atoms with Gasteiger partial charge in [0, 0.05) is 18.9 Å². The fourth-order valence-corrected chi connectivity index (χ4v) is 3.72. The van der Waals surface area contributed by atoms with E-state index >= 15 is 0 Å². The first kappa shape index (κ1) is 19.4. The Balaban J connectivity index is 1.65. The number of nitrogens with two attached hydrogens (primary N) is 1. The largest absolute Gasteiger partial charge is 0.370 e. The van der Waals surface area contributed by atoms with Crippen molar-refractivity contribution in [2.45, 2.75) is 62.0 Å². The number of carbonyl (C=O) groups excluding carboxylic acids is 2. The molecule has 0 aliphatic heterocycles. The average molecular weight is 388 g/mol. The number of primary amides is 1. The monoisotopic (exact) mass is 387 g/mol. The van der Waals surface area contributed by atoms with E-state index in [1.165, 1.54) is 11.8 Å². The van der Waals surface area contributed by atoms with Crippen LogP contribution in [0.3, 0.4) is 0 Å². The van der Waals surface area contributed by atoms with E-state index in [9.17, 15) is 9.59 Å². The predicted molar refractivity (Wildman–Crippen MR) is 104 cm³/mol. The summed E-state index contributed by atoms with van der Waals surface area (Å²) in [6, 6.07) is 9.77. The molecule has 0 saturated heterocycles. The van der Waals surface area contributed by atoms with Crippen LogP contribution >= 0.6 is 11.8 Å². The highest BCUT2D eigenvalue weighted by Crippen LogP contribution is 2.40. The van der Waals surface area contributed by atoms with Gasteiger partial charge in [-0.15, -0.1) is 10.2 Å². The summed E-state index contributed by atoms with van der Waals surface area (Å²) in [5.41, 5.74) is 6.36. The van der Waals surface area contributed by atoms with Gasteiger partial charge in [-0.1, -0.05) is 42.1 Å². The fraction of sp³-hybridized carbons (Fsp3) is 0.474. The molecule has 144 valence electrons. The van der Waals surface area contributed by atoms with E-state index in [2.05, 4.69) is 15.5 Å². The Labute approximate surface area is 163 Å². The van der Waals surface area contributed by atoms with Crippen molar-refractivity contribution in [1.82, 2.24) is 20.1 Å². The van der Waals surface area contributed by atoms with E-state index in [-0.39, 0.29) is 29.5 Å². The molecule has 1 fully saturated rings. The van der Waals surface area contributed by atoms with Crippen LogP contribution in [-0.4, -0.2) is 31.8 Å². The van der Waals surface area contributed by atoms with Gasteiger partial charge < -0.3 is 15.6 Å². The van der Waals surface area contributed by atoms with Crippen LogP contribution in [0.2, 0.25) is 0 Å². The van der Waals surface area contributed by atoms with Gasteiger partial charge in [0.1, 0.15) is 5.82 Å². The van der Waals surface area contributed by atoms with Crippen LogP contribution in [-0.2, 0) is 16.1 Å². The normalized spacial score (nSPS) is 15.9. The van der Waals surface area contributed by atoms with Crippen LogP contribution < -0.4 is 11.1 Å². The number of nitrogens with one attached hydrogen (secondary N) is 1. The molecule has 7 nitrogen and oxygen atoms in total. The van der Waals surface area contributed by atoms with Crippen molar-refractivity contribution >= 4 is 23.6 Å². The molecule has 3 N–H and O–H groups in total. The highest BCUT2D eigenvalue weighted by molar-refractivity contribution is 8.00. The first-order valence-electron chi connectivity index (χ1n) is 9.19. The van der Waals surface area contributed by atoms with E-state index in [1.54, 1.807) is 0 Å². The average Bonchev–Trinajstić information content (AvgIpc) is 3.42. The second kappa shape index (κ2) is 8.56. The first-order valence-corrected chi connectivity index (χ1v) is 10.1. The van der Waals surface area contributed by atoms with Gasteiger partial charge in [0.25, 0.3) is 0 Å². The maximum absolute atomic E-state index is 12.6. The minimum absolute atomic E-state index is 0.0613. The highest BCUT2D eigenvalue weighted by Gasteiger charge is 2.31. The Morgan fingerprint density at radius 3 is 2.59 bits per heavy atom. The SMILES string of the molecule is CC(Sc1nnc(C2CC2)n1CCC(N)=O)C(=O)NC(C)c1ccccc1. The van der Waals surface area contributed by atoms with Gasteiger partial charge in [-0.05, 0) is 32.3 Å². The Morgan fingerprint density at radius 1 is 1.26 bits per heavy atom. The number of thioether (sulfide) groups is 1. The Morgan fingerprint density at radius 2 is 1.96 bits per heavy atom. The van der Waals surface area contributed by atoms with E-state index in [0.29, 0.717) is 17.6 Å². The molecule has 2 aromatic rings. The molecule has 3 rings (SSSR count). The molecule has 0 spiro atoms. The predicted octanol–water partition coefficient (Wildman–Crippen LogP) is 2.39. The number of hydrogen-bond donors (Lipinski definition) is 2. The molecule has 1 aliphatic rings. The smallest absolute Gasteiger partial charge is 0.233 e. The molecular weight excluding hydrogens is 362 g/mol. The lowest BCUT2D eigenvalue weighted by molar-refractivity contribution is -0.121. The zero-order chi connectivity index (χ0) is 19.4. The molecule has 1 heterocycles. The van der Waals surface area contributed by atoms with Crippen LogP contribution in [0.1, 0.15) is 56.5 Å². The molecule has 0 radical (unpaired) electrons. The second-order valence-electron chi connectivity index (χ2n) is 6.88. The first-order chi connectivity index (χ1) is 13.0. The maximum atomic E-state index is 12.6. The summed E-state index contributed by atoms with van der Waals surface area (Å²) in [7, 11) is 0. The Kier molecular flexibility index (Phi) is 6.15. The van der Waals surface area contributed by atoms with Gasteiger partial charge in [0.05, 0.1) is 11.3 Å². The third kappa shape index (κ3) is 5.09. The van der Waals surface area contributed by atoms with Crippen LogP contribution in [0.15, 0.2) is 35.5 Å². The van der Waals surface area contributed by atoms with E-state index in [1.807, 2.05) is 48.7 Å². The standard InChI is InChI=1S/C19H25N5O2S/c1-12(14-6-4-3-5-7-14)21-18(26)13(2)27-19-23-22-17(15-8-9-15)24(19)11-10-16(20)25/h3-7,12-13,15H,8-11H2,1-2H3,(H2,20,25)(H,21,26). The number of benzene rings is 1. The summed E-state index contributed by atoms with van der Waals surface area (Å²) in [5, 5.41) is 11.9. The van der Waals surface area contributed by atoms with Gasteiger partial charge >= 0.3 is 0 Å². The van der Waals surface area contributed by atoms with Crippen molar-refractivity contribution in [2.24, 2.45) is 5.73 Å². The zero-order valence-electron chi connectivity index (χ0n) is 15.6. The van der Waals surface area contributed by atoms with Crippen LogP contribution in [0.5, 0.6) is 0 Å². The topological polar surface area (TPSA) is 103 Å². The number of aromatic nitrogens is 3. The molecule has 27 heavy (non-hydrogen) atoms. The van der Waals surface area contributed by atoms with Gasteiger partial charge in [-0.3, -0.25) is 9.59 Å². The molecule has 2 atom stereocenters. The summed E-state index contributed by atoms with van der Waals surface area (Å²) < 4.78 is 1.94. The fourth-order valence-electron chi connectivity index (χ4n) is 2.83. The number of amides is 2. The number of hydrogen-bond acceptors (Lipinski definition) is 5. The third-order valence-corrected chi connectivity index (χ3v) is 5.66. The number of carbonyl (C=O) groups is 2.